The van der Waals surface area contributed by atoms with E-state index in [-0.39, 0.29) is 5.91 Å². The van der Waals surface area contributed by atoms with Gasteiger partial charge in [0.25, 0.3) is 0 Å². The number of thiophene rings is 1. The number of nitrogens with one attached hydrogen (secondary N) is 1. The highest BCUT2D eigenvalue weighted by Crippen LogP contribution is 2.37. The topological polar surface area (TPSA) is 55.4 Å². The first-order valence-electron chi connectivity index (χ1n) is 8.84. The summed E-state index contributed by atoms with van der Waals surface area (Å²) in [6.07, 6.45) is 6.39. The molecule has 0 unspecified atom stereocenters. The predicted molar refractivity (Wildman–Crippen MR) is 106 cm³/mol. The third-order valence-corrected chi connectivity index (χ3v) is 5.99. The van der Waals surface area contributed by atoms with Crippen LogP contribution in [0, 0.1) is 5.92 Å². The number of rotatable bonds is 6. The molecular formula is C20H22ClNO3S. The van der Waals surface area contributed by atoms with Crippen LogP contribution in [0.2, 0.25) is 5.02 Å². The standard InChI is InChI=1S/C20H22ClNO3S/c1-25-20(24)18-16(14-7-9-15(21)10-8-14)12-26-19(18)22-17(23)11-6-13-4-2-3-5-13/h7-10,12-13H,2-6,11H2,1H3,(H,22,23). The second kappa shape index (κ2) is 8.69. The minimum absolute atomic E-state index is 0.0495. The maximum Gasteiger partial charge on any atom is 0.341 e. The quantitative estimate of drug-likeness (QED) is 0.636. The van der Waals surface area contributed by atoms with Gasteiger partial charge in [-0.15, -0.1) is 11.3 Å². The molecule has 1 aromatic carbocycles. The lowest BCUT2D eigenvalue weighted by Gasteiger charge is -2.10. The summed E-state index contributed by atoms with van der Waals surface area (Å²) in [7, 11) is 1.34. The number of halogens is 1. The van der Waals surface area contributed by atoms with E-state index in [1.54, 1.807) is 12.1 Å². The van der Waals surface area contributed by atoms with Crippen LogP contribution in [0.15, 0.2) is 29.6 Å². The van der Waals surface area contributed by atoms with Crippen LogP contribution < -0.4 is 5.32 Å². The summed E-state index contributed by atoms with van der Waals surface area (Å²) in [5.41, 5.74) is 2.00. The molecule has 0 aliphatic heterocycles. The number of methoxy groups -OCH3 is 1. The Hall–Kier alpha value is -1.85. The molecule has 26 heavy (non-hydrogen) atoms. The smallest absolute Gasteiger partial charge is 0.341 e. The van der Waals surface area contributed by atoms with E-state index >= 15 is 0 Å². The van der Waals surface area contributed by atoms with Crippen molar-refractivity contribution in [2.24, 2.45) is 5.92 Å². The van der Waals surface area contributed by atoms with Crippen LogP contribution in [0.1, 0.15) is 48.9 Å². The van der Waals surface area contributed by atoms with Gasteiger partial charge in [-0.3, -0.25) is 4.79 Å². The molecule has 0 atom stereocenters. The van der Waals surface area contributed by atoms with Gasteiger partial charge in [-0.05, 0) is 30.0 Å². The van der Waals surface area contributed by atoms with Crippen LogP contribution in [0.25, 0.3) is 11.1 Å². The fourth-order valence-corrected chi connectivity index (χ4v) is 4.52. The average molecular weight is 392 g/mol. The number of ether oxygens (including phenoxy) is 1. The average Bonchev–Trinajstić information content (AvgIpc) is 3.30. The van der Waals surface area contributed by atoms with E-state index in [0.29, 0.717) is 27.9 Å². The van der Waals surface area contributed by atoms with Gasteiger partial charge < -0.3 is 10.1 Å². The van der Waals surface area contributed by atoms with Gasteiger partial charge in [-0.25, -0.2) is 4.79 Å². The second-order valence-electron chi connectivity index (χ2n) is 6.59. The van der Waals surface area contributed by atoms with Crippen molar-refractivity contribution in [1.82, 2.24) is 0 Å². The molecule has 1 N–H and O–H groups in total. The molecule has 6 heteroatoms. The Morgan fingerprint density at radius 2 is 1.92 bits per heavy atom. The highest BCUT2D eigenvalue weighted by Gasteiger charge is 2.23. The highest BCUT2D eigenvalue weighted by molar-refractivity contribution is 7.15. The number of carbonyl (C=O) groups excluding carboxylic acids is 2. The third-order valence-electron chi connectivity index (χ3n) is 4.84. The van der Waals surface area contributed by atoms with Gasteiger partial charge in [0.15, 0.2) is 0 Å². The van der Waals surface area contributed by atoms with E-state index in [9.17, 15) is 9.59 Å². The monoisotopic (exact) mass is 391 g/mol. The lowest BCUT2D eigenvalue weighted by molar-refractivity contribution is -0.116. The van der Waals surface area contributed by atoms with E-state index in [1.165, 1.54) is 44.1 Å². The first-order chi connectivity index (χ1) is 12.6. The number of hydrogen-bond donors (Lipinski definition) is 1. The number of anilines is 1. The lowest BCUT2D eigenvalue weighted by atomic mass is 10.0. The molecule has 0 saturated heterocycles. The third kappa shape index (κ3) is 4.46. The first-order valence-corrected chi connectivity index (χ1v) is 10.1. The zero-order valence-electron chi connectivity index (χ0n) is 14.7. The fourth-order valence-electron chi connectivity index (χ4n) is 3.42. The Morgan fingerprint density at radius 3 is 2.58 bits per heavy atom. The van der Waals surface area contributed by atoms with Crippen molar-refractivity contribution in [2.75, 3.05) is 12.4 Å². The summed E-state index contributed by atoms with van der Waals surface area (Å²) in [6.45, 7) is 0. The summed E-state index contributed by atoms with van der Waals surface area (Å²) >= 11 is 7.28. The molecule has 1 saturated carbocycles. The molecule has 4 nitrogen and oxygen atoms in total. The minimum atomic E-state index is -0.456. The van der Waals surface area contributed by atoms with Crippen LogP contribution in [-0.2, 0) is 9.53 Å². The van der Waals surface area contributed by atoms with Gasteiger partial charge >= 0.3 is 5.97 Å². The lowest BCUT2D eigenvalue weighted by Crippen LogP contribution is -2.14. The van der Waals surface area contributed by atoms with Crippen molar-refractivity contribution in [3.63, 3.8) is 0 Å². The molecular weight excluding hydrogens is 370 g/mol. The van der Waals surface area contributed by atoms with Crippen LogP contribution in [0.3, 0.4) is 0 Å². The minimum Gasteiger partial charge on any atom is -0.465 e. The fraction of sp³-hybridized carbons (Fsp3) is 0.400. The number of carbonyl (C=O) groups is 2. The summed E-state index contributed by atoms with van der Waals surface area (Å²) in [4.78, 5) is 24.7. The number of benzene rings is 1. The molecule has 1 heterocycles. The first kappa shape index (κ1) is 18.9. The Bertz CT molecular complexity index is 779. The van der Waals surface area contributed by atoms with Crippen molar-refractivity contribution in [3.8, 4) is 11.1 Å². The Labute approximate surface area is 162 Å². The summed E-state index contributed by atoms with van der Waals surface area (Å²) in [5.74, 6) is 0.155. The molecule has 3 rings (SSSR count). The van der Waals surface area contributed by atoms with E-state index < -0.39 is 5.97 Å². The normalized spacial score (nSPS) is 14.4. The molecule has 0 radical (unpaired) electrons. The largest absolute Gasteiger partial charge is 0.465 e. The Morgan fingerprint density at radius 1 is 1.23 bits per heavy atom. The molecule has 138 valence electrons. The van der Waals surface area contributed by atoms with E-state index in [4.69, 9.17) is 16.3 Å². The van der Waals surface area contributed by atoms with Crippen LogP contribution in [0.5, 0.6) is 0 Å². The van der Waals surface area contributed by atoms with Gasteiger partial charge in [0, 0.05) is 22.4 Å². The van der Waals surface area contributed by atoms with Gasteiger partial charge in [0.05, 0.1) is 7.11 Å². The van der Waals surface area contributed by atoms with Crippen molar-refractivity contribution >= 4 is 39.8 Å². The molecule has 1 amide bonds. The van der Waals surface area contributed by atoms with Crippen LogP contribution in [-0.4, -0.2) is 19.0 Å². The maximum absolute atomic E-state index is 12.3. The number of esters is 1. The predicted octanol–water partition coefficient (Wildman–Crippen LogP) is 5.76. The second-order valence-corrected chi connectivity index (χ2v) is 7.91. The van der Waals surface area contributed by atoms with Crippen LogP contribution in [0.4, 0.5) is 5.00 Å². The zero-order valence-corrected chi connectivity index (χ0v) is 16.3. The van der Waals surface area contributed by atoms with Gasteiger partial charge in [-0.1, -0.05) is 49.4 Å². The molecule has 0 bridgehead atoms. The maximum atomic E-state index is 12.3. The Kier molecular flexibility index (Phi) is 6.33. The summed E-state index contributed by atoms with van der Waals surface area (Å²) in [6, 6.07) is 7.25. The van der Waals surface area contributed by atoms with E-state index in [0.717, 1.165) is 17.5 Å². The highest BCUT2D eigenvalue weighted by atomic mass is 35.5. The molecule has 0 spiro atoms. The molecule has 1 aromatic heterocycles. The molecule has 1 aliphatic rings. The summed E-state index contributed by atoms with van der Waals surface area (Å²) < 4.78 is 4.93. The van der Waals surface area contributed by atoms with E-state index in [1.807, 2.05) is 17.5 Å². The van der Waals surface area contributed by atoms with Crippen molar-refractivity contribution < 1.29 is 14.3 Å². The Balaban J connectivity index is 1.77. The number of amides is 1. The molecule has 2 aromatic rings. The van der Waals surface area contributed by atoms with Gasteiger partial charge in [-0.2, -0.15) is 0 Å². The van der Waals surface area contributed by atoms with Gasteiger partial charge in [0.1, 0.15) is 10.6 Å². The molecule has 1 fully saturated rings. The van der Waals surface area contributed by atoms with E-state index in [2.05, 4.69) is 5.32 Å². The zero-order chi connectivity index (χ0) is 18.5. The van der Waals surface area contributed by atoms with Crippen LogP contribution >= 0.6 is 22.9 Å². The summed E-state index contributed by atoms with van der Waals surface area (Å²) in [5, 5.41) is 5.94. The van der Waals surface area contributed by atoms with Crippen molar-refractivity contribution in [2.45, 2.75) is 38.5 Å². The van der Waals surface area contributed by atoms with Crippen molar-refractivity contribution in [1.29, 1.82) is 0 Å². The molecule has 1 aliphatic carbocycles. The number of hydrogen-bond acceptors (Lipinski definition) is 4. The van der Waals surface area contributed by atoms with Gasteiger partial charge in [0.2, 0.25) is 5.91 Å². The SMILES string of the molecule is COC(=O)c1c(-c2ccc(Cl)cc2)csc1NC(=O)CCC1CCCC1. The van der Waals surface area contributed by atoms with Crippen molar-refractivity contribution in [3.05, 3.63) is 40.2 Å².